The second-order valence-electron chi connectivity index (χ2n) is 4.41. The summed E-state index contributed by atoms with van der Waals surface area (Å²) in [4.78, 5) is 22.5. The summed E-state index contributed by atoms with van der Waals surface area (Å²) >= 11 is 0. The van der Waals surface area contributed by atoms with Crippen LogP contribution >= 0.6 is 0 Å². The molecule has 0 bridgehead atoms. The highest BCUT2D eigenvalue weighted by Crippen LogP contribution is 2.26. The smallest absolute Gasteiger partial charge is 0.248 e. The molecule has 0 spiro atoms. The van der Waals surface area contributed by atoms with E-state index in [1.807, 2.05) is 0 Å². The number of amides is 2. The van der Waals surface area contributed by atoms with E-state index in [-0.39, 0.29) is 11.8 Å². The highest BCUT2D eigenvalue weighted by molar-refractivity contribution is 5.92. The Morgan fingerprint density at radius 2 is 1.88 bits per heavy atom. The zero-order valence-electron chi connectivity index (χ0n) is 9.61. The molecule has 1 aromatic carbocycles. The number of primary amides is 1. The van der Waals surface area contributed by atoms with Crippen molar-refractivity contribution in [2.75, 3.05) is 0 Å². The van der Waals surface area contributed by atoms with Crippen LogP contribution in [-0.4, -0.2) is 11.8 Å². The number of nitrogens with two attached hydrogens (primary N) is 1. The first kappa shape index (κ1) is 11.6. The second kappa shape index (κ2) is 4.99. The van der Waals surface area contributed by atoms with Crippen molar-refractivity contribution in [1.29, 1.82) is 0 Å². The molecule has 0 radical (unpaired) electrons. The zero-order chi connectivity index (χ0) is 12.3. The van der Waals surface area contributed by atoms with Crippen LogP contribution in [0.4, 0.5) is 0 Å². The number of hydrogen-bond donors (Lipinski definition) is 2. The number of carbonyl (C=O) groups is 2. The highest BCUT2D eigenvalue weighted by atomic mass is 16.2. The van der Waals surface area contributed by atoms with Crippen molar-refractivity contribution >= 4 is 11.8 Å². The van der Waals surface area contributed by atoms with E-state index in [0.29, 0.717) is 12.1 Å². The average molecular weight is 232 g/mol. The largest absolute Gasteiger partial charge is 0.366 e. The summed E-state index contributed by atoms with van der Waals surface area (Å²) in [6.07, 6.45) is 3.17. The van der Waals surface area contributed by atoms with Gasteiger partial charge in [0.1, 0.15) is 0 Å². The van der Waals surface area contributed by atoms with Gasteiger partial charge in [0.25, 0.3) is 0 Å². The van der Waals surface area contributed by atoms with Gasteiger partial charge >= 0.3 is 0 Å². The maximum absolute atomic E-state index is 11.6. The monoisotopic (exact) mass is 232 g/mol. The fraction of sp³-hybridized carbons (Fsp3) is 0.385. The topological polar surface area (TPSA) is 72.2 Å². The molecule has 1 aliphatic rings. The molecule has 0 heterocycles. The molecule has 0 atom stereocenters. The predicted molar refractivity (Wildman–Crippen MR) is 64.1 cm³/mol. The van der Waals surface area contributed by atoms with Gasteiger partial charge in [-0.05, 0) is 30.5 Å². The molecular formula is C13H16N2O2. The van der Waals surface area contributed by atoms with E-state index in [1.165, 1.54) is 0 Å². The molecule has 0 unspecified atom stereocenters. The molecule has 2 amide bonds. The number of benzene rings is 1. The van der Waals surface area contributed by atoms with Crippen molar-refractivity contribution in [3.05, 3.63) is 35.4 Å². The first-order valence-electron chi connectivity index (χ1n) is 5.83. The fourth-order valence-corrected chi connectivity index (χ4v) is 1.79. The van der Waals surface area contributed by atoms with Crippen LogP contribution < -0.4 is 11.1 Å². The van der Waals surface area contributed by atoms with Crippen LogP contribution in [0.1, 0.15) is 35.2 Å². The molecule has 0 aromatic heterocycles. The standard InChI is InChI=1S/C13H16N2O2/c14-12(16)10-6-4-9(5-7-10)8-15-13(17)11-2-1-3-11/h4-7,11H,1-3,8H2,(H2,14,16)(H,15,17). The summed E-state index contributed by atoms with van der Waals surface area (Å²) in [6.45, 7) is 0.508. The van der Waals surface area contributed by atoms with Gasteiger partial charge in [-0.25, -0.2) is 0 Å². The van der Waals surface area contributed by atoms with Crippen LogP contribution in [0, 0.1) is 5.92 Å². The van der Waals surface area contributed by atoms with Gasteiger partial charge in [-0.2, -0.15) is 0 Å². The van der Waals surface area contributed by atoms with E-state index in [2.05, 4.69) is 5.32 Å². The summed E-state index contributed by atoms with van der Waals surface area (Å²) in [5, 5.41) is 2.89. The molecule has 2 rings (SSSR count). The predicted octanol–water partition coefficient (Wildman–Crippen LogP) is 1.20. The van der Waals surface area contributed by atoms with Gasteiger partial charge in [0.05, 0.1) is 0 Å². The minimum Gasteiger partial charge on any atom is -0.366 e. The molecule has 1 aliphatic carbocycles. The van der Waals surface area contributed by atoms with Crippen LogP contribution in [0.3, 0.4) is 0 Å². The number of hydrogen-bond acceptors (Lipinski definition) is 2. The van der Waals surface area contributed by atoms with E-state index in [4.69, 9.17) is 5.73 Å². The van der Waals surface area contributed by atoms with Crippen molar-refractivity contribution in [2.24, 2.45) is 11.7 Å². The van der Waals surface area contributed by atoms with E-state index >= 15 is 0 Å². The Hall–Kier alpha value is -1.84. The lowest BCUT2D eigenvalue weighted by molar-refractivity contribution is -0.127. The molecule has 0 aliphatic heterocycles. The van der Waals surface area contributed by atoms with E-state index in [9.17, 15) is 9.59 Å². The molecule has 1 aromatic rings. The summed E-state index contributed by atoms with van der Waals surface area (Å²) in [5.41, 5.74) is 6.60. The van der Waals surface area contributed by atoms with Crippen LogP contribution in [0.2, 0.25) is 0 Å². The minimum atomic E-state index is -0.435. The Labute approximate surface area is 100 Å². The molecular weight excluding hydrogens is 216 g/mol. The Morgan fingerprint density at radius 1 is 1.24 bits per heavy atom. The summed E-state index contributed by atoms with van der Waals surface area (Å²) in [6, 6.07) is 6.96. The third-order valence-electron chi connectivity index (χ3n) is 3.18. The SMILES string of the molecule is NC(=O)c1ccc(CNC(=O)C2CCC2)cc1. The van der Waals surface area contributed by atoms with Crippen LogP contribution in [0.25, 0.3) is 0 Å². The van der Waals surface area contributed by atoms with Gasteiger partial charge < -0.3 is 11.1 Å². The van der Waals surface area contributed by atoms with Gasteiger partial charge in [-0.3, -0.25) is 9.59 Å². The number of nitrogens with one attached hydrogen (secondary N) is 1. The maximum atomic E-state index is 11.6. The van der Waals surface area contributed by atoms with Crippen molar-refractivity contribution in [2.45, 2.75) is 25.8 Å². The molecule has 1 fully saturated rings. The van der Waals surface area contributed by atoms with Crippen molar-refractivity contribution < 1.29 is 9.59 Å². The molecule has 90 valence electrons. The third kappa shape index (κ3) is 2.84. The maximum Gasteiger partial charge on any atom is 0.248 e. The fourth-order valence-electron chi connectivity index (χ4n) is 1.79. The molecule has 3 N–H and O–H groups in total. The quantitative estimate of drug-likeness (QED) is 0.818. The van der Waals surface area contributed by atoms with E-state index in [0.717, 1.165) is 24.8 Å². The van der Waals surface area contributed by atoms with E-state index < -0.39 is 5.91 Å². The Balaban J connectivity index is 1.86. The lowest BCUT2D eigenvalue weighted by Gasteiger charge is -2.24. The molecule has 4 heteroatoms. The van der Waals surface area contributed by atoms with Gasteiger partial charge in [0.2, 0.25) is 11.8 Å². The second-order valence-corrected chi connectivity index (χ2v) is 4.41. The Morgan fingerprint density at radius 3 is 2.35 bits per heavy atom. The zero-order valence-corrected chi connectivity index (χ0v) is 9.61. The van der Waals surface area contributed by atoms with Gasteiger partial charge in [0.15, 0.2) is 0 Å². The van der Waals surface area contributed by atoms with E-state index in [1.54, 1.807) is 24.3 Å². The normalized spacial score (nSPS) is 15.1. The minimum absolute atomic E-state index is 0.134. The third-order valence-corrected chi connectivity index (χ3v) is 3.18. The first-order valence-corrected chi connectivity index (χ1v) is 5.83. The molecule has 1 saturated carbocycles. The molecule has 17 heavy (non-hydrogen) atoms. The van der Waals surface area contributed by atoms with Gasteiger partial charge in [-0.1, -0.05) is 18.6 Å². The highest BCUT2D eigenvalue weighted by Gasteiger charge is 2.24. The lowest BCUT2D eigenvalue weighted by atomic mass is 9.85. The Bertz CT molecular complexity index is 422. The lowest BCUT2D eigenvalue weighted by Crippen LogP contribution is -2.33. The number of carbonyl (C=O) groups excluding carboxylic acids is 2. The van der Waals surface area contributed by atoms with Crippen molar-refractivity contribution in [3.8, 4) is 0 Å². The summed E-state index contributed by atoms with van der Waals surface area (Å²) in [5.74, 6) is -0.0924. The molecule has 0 saturated heterocycles. The van der Waals surface area contributed by atoms with Crippen LogP contribution in [0.5, 0.6) is 0 Å². The van der Waals surface area contributed by atoms with Crippen molar-refractivity contribution in [3.63, 3.8) is 0 Å². The van der Waals surface area contributed by atoms with Crippen molar-refractivity contribution in [1.82, 2.24) is 5.32 Å². The van der Waals surface area contributed by atoms with Gasteiger partial charge in [-0.15, -0.1) is 0 Å². The first-order chi connectivity index (χ1) is 8.16. The van der Waals surface area contributed by atoms with Gasteiger partial charge in [0, 0.05) is 18.0 Å². The van der Waals surface area contributed by atoms with Crippen LogP contribution in [0.15, 0.2) is 24.3 Å². The van der Waals surface area contributed by atoms with Crippen LogP contribution in [-0.2, 0) is 11.3 Å². The summed E-state index contributed by atoms with van der Waals surface area (Å²) in [7, 11) is 0. The average Bonchev–Trinajstić information content (AvgIpc) is 2.24. The Kier molecular flexibility index (Phi) is 3.42. The summed E-state index contributed by atoms with van der Waals surface area (Å²) < 4.78 is 0. The molecule has 4 nitrogen and oxygen atoms in total. The number of rotatable bonds is 4.